The van der Waals surface area contributed by atoms with E-state index in [1.807, 2.05) is 11.3 Å². The first kappa shape index (κ1) is 10.3. The van der Waals surface area contributed by atoms with E-state index in [9.17, 15) is 0 Å². The molecule has 2 atom stereocenters. The molecule has 1 heterocycles. The molecule has 0 aliphatic carbocycles. The largest absolute Gasteiger partial charge is 0.148 e. The van der Waals surface area contributed by atoms with Crippen molar-refractivity contribution in [3.8, 4) is 0 Å². The van der Waals surface area contributed by atoms with E-state index in [4.69, 9.17) is 0 Å². The molecule has 2 unspecified atom stereocenters. The molecule has 0 aliphatic heterocycles. The Labute approximate surface area is 87.1 Å². The number of hydrogen-bond acceptors (Lipinski definition) is 1. The van der Waals surface area contributed by atoms with Crippen LogP contribution in [0.4, 0.5) is 0 Å². The van der Waals surface area contributed by atoms with Crippen LogP contribution in [0, 0.1) is 5.92 Å². The van der Waals surface area contributed by atoms with Crippen molar-refractivity contribution in [2.24, 2.45) is 5.92 Å². The average molecular weight is 247 g/mol. The molecule has 0 radical (unpaired) electrons. The molecule has 0 nitrogen and oxygen atoms in total. The van der Waals surface area contributed by atoms with Crippen molar-refractivity contribution in [3.05, 3.63) is 22.4 Å². The van der Waals surface area contributed by atoms with Gasteiger partial charge in [-0.2, -0.15) is 0 Å². The molecule has 0 bridgehead atoms. The van der Waals surface area contributed by atoms with E-state index in [1.54, 1.807) is 0 Å². The van der Waals surface area contributed by atoms with Crippen molar-refractivity contribution < 1.29 is 0 Å². The molecule has 0 aromatic carbocycles. The van der Waals surface area contributed by atoms with Crippen LogP contribution < -0.4 is 0 Å². The van der Waals surface area contributed by atoms with Gasteiger partial charge in [0, 0.05) is 4.88 Å². The van der Waals surface area contributed by atoms with Crippen LogP contribution in [0.1, 0.15) is 36.4 Å². The summed E-state index contributed by atoms with van der Waals surface area (Å²) in [4.78, 5) is 2.01. The number of hydrogen-bond donors (Lipinski definition) is 0. The topological polar surface area (TPSA) is 0 Å². The fourth-order valence-electron chi connectivity index (χ4n) is 1.33. The standard InChI is InChI=1S/C10H15BrS/c1-3-5-8(2)10(11)9-6-4-7-12-9/h4,6-8,10H,3,5H2,1-2H3. The molecule has 0 fully saturated rings. The number of rotatable bonds is 4. The zero-order valence-corrected chi connectivity index (χ0v) is 9.99. The Hall–Kier alpha value is 0.180. The second-order valence-corrected chi connectivity index (χ2v) is 5.15. The van der Waals surface area contributed by atoms with Gasteiger partial charge in [-0.05, 0) is 23.8 Å². The summed E-state index contributed by atoms with van der Waals surface area (Å²) >= 11 is 5.58. The Balaban J connectivity index is 2.53. The van der Waals surface area contributed by atoms with Gasteiger partial charge in [-0.25, -0.2) is 0 Å². The van der Waals surface area contributed by atoms with Crippen molar-refractivity contribution in [3.63, 3.8) is 0 Å². The predicted octanol–water partition coefficient (Wildman–Crippen LogP) is 4.62. The monoisotopic (exact) mass is 246 g/mol. The van der Waals surface area contributed by atoms with Crippen LogP contribution in [-0.4, -0.2) is 0 Å². The van der Waals surface area contributed by atoms with Gasteiger partial charge >= 0.3 is 0 Å². The van der Waals surface area contributed by atoms with Crippen LogP contribution in [0.2, 0.25) is 0 Å². The molecule has 68 valence electrons. The van der Waals surface area contributed by atoms with Gasteiger partial charge < -0.3 is 0 Å². The summed E-state index contributed by atoms with van der Waals surface area (Å²) < 4.78 is 0. The fourth-order valence-corrected chi connectivity index (χ4v) is 2.90. The third-order valence-corrected chi connectivity index (χ3v) is 4.71. The third kappa shape index (κ3) is 2.60. The van der Waals surface area contributed by atoms with Crippen LogP contribution in [0.5, 0.6) is 0 Å². The van der Waals surface area contributed by atoms with Gasteiger partial charge in [0.05, 0.1) is 4.83 Å². The van der Waals surface area contributed by atoms with E-state index in [2.05, 4.69) is 47.3 Å². The van der Waals surface area contributed by atoms with Gasteiger partial charge in [-0.1, -0.05) is 42.3 Å². The summed E-state index contributed by atoms with van der Waals surface area (Å²) in [5.74, 6) is 0.744. The first-order valence-electron chi connectivity index (χ1n) is 4.43. The molecule has 1 aromatic heterocycles. The second kappa shape index (κ2) is 5.03. The first-order chi connectivity index (χ1) is 5.75. The Morgan fingerprint density at radius 1 is 1.58 bits per heavy atom. The van der Waals surface area contributed by atoms with E-state index >= 15 is 0 Å². The highest BCUT2D eigenvalue weighted by molar-refractivity contribution is 9.09. The van der Waals surface area contributed by atoms with Gasteiger partial charge in [0.25, 0.3) is 0 Å². The van der Waals surface area contributed by atoms with Crippen molar-refractivity contribution >= 4 is 27.3 Å². The van der Waals surface area contributed by atoms with Crippen LogP contribution in [0.25, 0.3) is 0 Å². The van der Waals surface area contributed by atoms with E-state index in [0.29, 0.717) is 4.83 Å². The summed E-state index contributed by atoms with van der Waals surface area (Å²) in [6, 6.07) is 4.32. The van der Waals surface area contributed by atoms with Gasteiger partial charge in [0.1, 0.15) is 0 Å². The lowest BCUT2D eigenvalue weighted by Gasteiger charge is -2.15. The lowest BCUT2D eigenvalue weighted by atomic mass is 10.0. The lowest BCUT2D eigenvalue weighted by Crippen LogP contribution is -2.00. The minimum atomic E-state index is 0.553. The molecule has 0 N–H and O–H groups in total. The fraction of sp³-hybridized carbons (Fsp3) is 0.600. The first-order valence-corrected chi connectivity index (χ1v) is 6.22. The van der Waals surface area contributed by atoms with E-state index in [0.717, 1.165) is 5.92 Å². The summed E-state index contributed by atoms with van der Waals surface area (Å²) in [5, 5.41) is 2.14. The zero-order chi connectivity index (χ0) is 8.97. The minimum Gasteiger partial charge on any atom is -0.148 e. The average Bonchev–Trinajstić information content (AvgIpc) is 2.55. The molecule has 0 amide bonds. The number of alkyl halides is 1. The molecule has 0 aliphatic rings. The van der Waals surface area contributed by atoms with Crippen molar-refractivity contribution in [1.82, 2.24) is 0 Å². The van der Waals surface area contributed by atoms with Gasteiger partial charge in [-0.15, -0.1) is 11.3 Å². The summed E-state index contributed by atoms with van der Waals surface area (Å²) in [6.45, 7) is 4.55. The highest BCUT2D eigenvalue weighted by Gasteiger charge is 2.15. The third-order valence-electron chi connectivity index (χ3n) is 2.06. The van der Waals surface area contributed by atoms with E-state index in [1.165, 1.54) is 17.7 Å². The molecule has 12 heavy (non-hydrogen) atoms. The maximum Gasteiger partial charge on any atom is 0.0514 e. The van der Waals surface area contributed by atoms with Crippen LogP contribution in [-0.2, 0) is 0 Å². The molecule has 1 aromatic rings. The zero-order valence-electron chi connectivity index (χ0n) is 7.59. The molecular weight excluding hydrogens is 232 g/mol. The maximum absolute atomic E-state index is 3.74. The second-order valence-electron chi connectivity index (χ2n) is 3.18. The van der Waals surface area contributed by atoms with E-state index in [-0.39, 0.29) is 0 Å². The van der Waals surface area contributed by atoms with Crippen molar-refractivity contribution in [1.29, 1.82) is 0 Å². The summed E-state index contributed by atoms with van der Waals surface area (Å²) in [7, 11) is 0. The molecule has 1 rings (SSSR count). The van der Waals surface area contributed by atoms with Crippen LogP contribution in [0.15, 0.2) is 17.5 Å². The lowest BCUT2D eigenvalue weighted by molar-refractivity contribution is 0.522. The van der Waals surface area contributed by atoms with E-state index < -0.39 is 0 Å². The predicted molar refractivity (Wildman–Crippen MR) is 60.1 cm³/mol. The van der Waals surface area contributed by atoms with Gasteiger partial charge in [-0.3, -0.25) is 0 Å². The van der Waals surface area contributed by atoms with Crippen LogP contribution >= 0.6 is 27.3 Å². The molecular formula is C10H15BrS. The Morgan fingerprint density at radius 2 is 2.33 bits per heavy atom. The highest BCUT2D eigenvalue weighted by Crippen LogP contribution is 2.35. The van der Waals surface area contributed by atoms with Gasteiger partial charge in [0.15, 0.2) is 0 Å². The molecule has 0 saturated heterocycles. The molecule has 0 spiro atoms. The Morgan fingerprint density at radius 3 is 2.83 bits per heavy atom. The number of thiophene rings is 1. The quantitative estimate of drug-likeness (QED) is 0.681. The SMILES string of the molecule is CCCC(C)C(Br)c1cccs1. The molecule has 0 saturated carbocycles. The normalized spacial score (nSPS) is 15.9. The summed E-state index contributed by atoms with van der Waals surface area (Å²) in [5.41, 5.74) is 0. The Bertz CT molecular complexity index is 206. The number of halogens is 1. The Kier molecular flexibility index (Phi) is 4.30. The van der Waals surface area contributed by atoms with Gasteiger partial charge in [0.2, 0.25) is 0 Å². The molecule has 2 heteroatoms. The minimum absolute atomic E-state index is 0.553. The van der Waals surface area contributed by atoms with Crippen molar-refractivity contribution in [2.45, 2.75) is 31.5 Å². The summed E-state index contributed by atoms with van der Waals surface area (Å²) in [6.07, 6.45) is 2.57. The smallest absolute Gasteiger partial charge is 0.0514 e. The van der Waals surface area contributed by atoms with Crippen molar-refractivity contribution in [2.75, 3.05) is 0 Å². The maximum atomic E-state index is 3.74. The van der Waals surface area contributed by atoms with Crippen LogP contribution in [0.3, 0.4) is 0 Å². The highest BCUT2D eigenvalue weighted by atomic mass is 79.9.